The van der Waals surface area contributed by atoms with Crippen molar-refractivity contribution < 1.29 is 9.53 Å². The number of carbonyl (C=O) groups is 1. The van der Waals surface area contributed by atoms with Gasteiger partial charge in [-0.1, -0.05) is 23.7 Å². The maximum Gasteiger partial charge on any atom is 0.260 e. The molecule has 1 atom stereocenters. The number of nitrogens with one attached hydrogen (secondary N) is 1. The number of hydrogen-bond donors (Lipinski definition) is 1. The first-order chi connectivity index (χ1) is 13.0. The lowest BCUT2D eigenvalue weighted by Crippen LogP contribution is -2.37. The molecule has 1 heterocycles. The van der Waals surface area contributed by atoms with Gasteiger partial charge in [-0.05, 0) is 67.8 Å². The predicted octanol–water partition coefficient (Wildman–Crippen LogP) is 3.96. The van der Waals surface area contributed by atoms with E-state index in [-0.39, 0.29) is 5.91 Å². The maximum atomic E-state index is 12.3. The van der Waals surface area contributed by atoms with Gasteiger partial charge in [-0.25, -0.2) is 4.68 Å². The number of amides is 1. The monoisotopic (exact) mass is 383 g/mol. The van der Waals surface area contributed by atoms with Crippen molar-refractivity contribution in [3.05, 3.63) is 77.1 Å². The number of carbonyl (C=O) groups excluding carboxylic acids is 1. The summed E-state index contributed by atoms with van der Waals surface area (Å²) in [4.78, 5) is 12.3. The SMILES string of the molecule is Cc1cc(Cl)ccc1OC(C)C(=O)NCCc1ccc(-n2cccn2)cc1. The van der Waals surface area contributed by atoms with Crippen molar-refractivity contribution in [3.8, 4) is 11.4 Å². The summed E-state index contributed by atoms with van der Waals surface area (Å²) in [6.07, 6.45) is 3.82. The number of aryl methyl sites for hydroxylation is 1. The molecule has 0 spiro atoms. The summed E-state index contributed by atoms with van der Waals surface area (Å²) in [6, 6.07) is 15.3. The van der Waals surface area contributed by atoms with Gasteiger partial charge in [-0.15, -0.1) is 0 Å². The number of rotatable bonds is 7. The molecule has 0 bridgehead atoms. The second-order valence-corrected chi connectivity index (χ2v) is 6.76. The van der Waals surface area contributed by atoms with Gasteiger partial charge in [-0.3, -0.25) is 4.79 Å². The Bertz CT molecular complexity index is 892. The zero-order valence-corrected chi connectivity index (χ0v) is 16.1. The van der Waals surface area contributed by atoms with Crippen LogP contribution in [-0.2, 0) is 11.2 Å². The van der Waals surface area contributed by atoms with E-state index in [0.717, 1.165) is 23.2 Å². The number of ether oxygens (including phenoxy) is 1. The molecule has 140 valence electrons. The van der Waals surface area contributed by atoms with Crippen molar-refractivity contribution in [1.29, 1.82) is 0 Å². The molecule has 0 saturated carbocycles. The zero-order valence-electron chi connectivity index (χ0n) is 15.4. The summed E-state index contributed by atoms with van der Waals surface area (Å²) in [5.74, 6) is 0.522. The molecule has 2 aromatic carbocycles. The average Bonchev–Trinajstić information content (AvgIpc) is 3.19. The average molecular weight is 384 g/mol. The third-order valence-electron chi connectivity index (χ3n) is 4.23. The van der Waals surface area contributed by atoms with E-state index in [9.17, 15) is 4.79 Å². The Balaban J connectivity index is 1.47. The van der Waals surface area contributed by atoms with Crippen molar-refractivity contribution in [3.63, 3.8) is 0 Å². The Morgan fingerprint density at radius 1 is 1.26 bits per heavy atom. The van der Waals surface area contributed by atoms with Gasteiger partial charge in [0.1, 0.15) is 5.75 Å². The summed E-state index contributed by atoms with van der Waals surface area (Å²) >= 11 is 5.94. The highest BCUT2D eigenvalue weighted by molar-refractivity contribution is 6.30. The molecular formula is C21H22ClN3O2. The lowest BCUT2D eigenvalue weighted by molar-refractivity contribution is -0.127. The summed E-state index contributed by atoms with van der Waals surface area (Å²) in [5, 5.41) is 7.77. The minimum absolute atomic E-state index is 0.141. The zero-order chi connectivity index (χ0) is 19.2. The van der Waals surface area contributed by atoms with E-state index < -0.39 is 6.10 Å². The highest BCUT2D eigenvalue weighted by Crippen LogP contribution is 2.22. The van der Waals surface area contributed by atoms with Crippen LogP contribution < -0.4 is 10.1 Å². The van der Waals surface area contributed by atoms with Crippen LogP contribution in [-0.4, -0.2) is 28.3 Å². The molecule has 1 N–H and O–H groups in total. The van der Waals surface area contributed by atoms with Gasteiger partial charge < -0.3 is 10.1 Å². The molecule has 0 fully saturated rings. The second kappa shape index (κ2) is 8.73. The molecule has 0 aliphatic carbocycles. The molecule has 0 aliphatic heterocycles. The Morgan fingerprint density at radius 2 is 2.04 bits per heavy atom. The Hall–Kier alpha value is -2.79. The van der Waals surface area contributed by atoms with Gasteiger partial charge in [0.25, 0.3) is 5.91 Å². The standard InChI is InChI=1S/C21H22ClN3O2/c1-15-14-18(22)6-9-20(15)27-16(2)21(26)23-12-10-17-4-7-19(8-5-17)25-13-3-11-24-25/h3-9,11,13-14,16H,10,12H2,1-2H3,(H,23,26). The number of nitrogens with zero attached hydrogens (tertiary/aromatic N) is 2. The summed E-state index contributed by atoms with van der Waals surface area (Å²) in [7, 11) is 0. The Kier molecular flexibility index (Phi) is 6.14. The molecular weight excluding hydrogens is 362 g/mol. The van der Waals surface area contributed by atoms with Crippen molar-refractivity contribution in [2.45, 2.75) is 26.4 Å². The molecule has 5 nitrogen and oxygen atoms in total. The third-order valence-corrected chi connectivity index (χ3v) is 4.46. The Labute approximate surface area is 163 Å². The van der Waals surface area contributed by atoms with Crippen molar-refractivity contribution in [2.24, 2.45) is 0 Å². The van der Waals surface area contributed by atoms with E-state index in [1.165, 1.54) is 0 Å². The van der Waals surface area contributed by atoms with Crippen LogP contribution in [0.25, 0.3) is 5.69 Å². The maximum absolute atomic E-state index is 12.3. The van der Waals surface area contributed by atoms with Crippen LogP contribution in [0.3, 0.4) is 0 Å². The predicted molar refractivity (Wildman–Crippen MR) is 107 cm³/mol. The van der Waals surface area contributed by atoms with Gasteiger partial charge in [0.15, 0.2) is 6.10 Å². The lowest BCUT2D eigenvalue weighted by Gasteiger charge is -2.16. The van der Waals surface area contributed by atoms with Gasteiger partial charge >= 0.3 is 0 Å². The largest absolute Gasteiger partial charge is 0.481 e. The summed E-state index contributed by atoms with van der Waals surface area (Å²) in [5.41, 5.74) is 3.06. The highest BCUT2D eigenvalue weighted by atomic mass is 35.5. The molecule has 0 radical (unpaired) electrons. The van der Waals surface area contributed by atoms with E-state index >= 15 is 0 Å². The van der Waals surface area contributed by atoms with E-state index in [4.69, 9.17) is 16.3 Å². The molecule has 0 saturated heterocycles. The summed E-state index contributed by atoms with van der Waals surface area (Å²) in [6.45, 7) is 4.19. The molecule has 1 amide bonds. The second-order valence-electron chi connectivity index (χ2n) is 6.33. The van der Waals surface area contributed by atoms with Crippen molar-refractivity contribution >= 4 is 17.5 Å². The first kappa shape index (κ1) is 19.0. The van der Waals surface area contributed by atoms with Crippen LogP contribution >= 0.6 is 11.6 Å². The fraction of sp³-hybridized carbons (Fsp3) is 0.238. The molecule has 3 rings (SSSR count). The number of halogens is 1. The lowest BCUT2D eigenvalue weighted by atomic mass is 10.1. The number of benzene rings is 2. The fourth-order valence-electron chi connectivity index (χ4n) is 2.70. The van der Waals surface area contributed by atoms with Gasteiger partial charge in [0.2, 0.25) is 0 Å². The van der Waals surface area contributed by atoms with E-state index in [1.54, 1.807) is 25.3 Å². The smallest absolute Gasteiger partial charge is 0.260 e. The number of aromatic nitrogens is 2. The number of hydrogen-bond acceptors (Lipinski definition) is 3. The molecule has 27 heavy (non-hydrogen) atoms. The van der Waals surface area contributed by atoms with Crippen LogP contribution in [0.15, 0.2) is 60.9 Å². The van der Waals surface area contributed by atoms with Crippen LogP contribution in [0, 0.1) is 6.92 Å². The van der Waals surface area contributed by atoms with Gasteiger partial charge in [0, 0.05) is 24.0 Å². The summed E-state index contributed by atoms with van der Waals surface area (Å²) < 4.78 is 7.55. The van der Waals surface area contributed by atoms with E-state index in [2.05, 4.69) is 10.4 Å². The van der Waals surface area contributed by atoms with Crippen LogP contribution in [0.4, 0.5) is 0 Å². The normalized spacial score (nSPS) is 11.8. The molecule has 1 aromatic heterocycles. The topological polar surface area (TPSA) is 56.1 Å². The molecule has 1 unspecified atom stereocenters. The van der Waals surface area contributed by atoms with Crippen molar-refractivity contribution in [2.75, 3.05) is 6.54 Å². The third kappa shape index (κ3) is 5.11. The molecule has 3 aromatic rings. The highest BCUT2D eigenvalue weighted by Gasteiger charge is 2.15. The molecule has 0 aliphatic rings. The quantitative estimate of drug-likeness (QED) is 0.671. The minimum Gasteiger partial charge on any atom is -0.481 e. The fourth-order valence-corrected chi connectivity index (χ4v) is 2.93. The first-order valence-corrected chi connectivity index (χ1v) is 9.20. The Morgan fingerprint density at radius 3 is 2.70 bits per heavy atom. The first-order valence-electron chi connectivity index (χ1n) is 8.82. The van der Waals surface area contributed by atoms with Crippen LogP contribution in [0.5, 0.6) is 5.75 Å². The minimum atomic E-state index is -0.577. The van der Waals surface area contributed by atoms with Gasteiger partial charge in [-0.2, -0.15) is 5.10 Å². The van der Waals surface area contributed by atoms with Crippen molar-refractivity contribution in [1.82, 2.24) is 15.1 Å². The van der Waals surface area contributed by atoms with Crippen LogP contribution in [0.2, 0.25) is 5.02 Å². The van der Waals surface area contributed by atoms with E-state index in [1.807, 2.05) is 54.2 Å². The van der Waals surface area contributed by atoms with Gasteiger partial charge in [0.05, 0.1) is 5.69 Å². The van der Waals surface area contributed by atoms with E-state index in [0.29, 0.717) is 17.3 Å². The van der Waals surface area contributed by atoms with Crippen LogP contribution in [0.1, 0.15) is 18.1 Å². The molecule has 6 heteroatoms.